The number of non-ortho nitro benzene ring substituents is 1. The van der Waals surface area contributed by atoms with Crippen LogP contribution in [0, 0.1) is 24.0 Å². The van der Waals surface area contributed by atoms with E-state index < -0.39 is 22.9 Å². The lowest BCUT2D eigenvalue weighted by atomic mass is 10.2. The molecule has 1 aromatic heterocycles. The summed E-state index contributed by atoms with van der Waals surface area (Å²) in [5.74, 6) is -1.25. The highest BCUT2D eigenvalue weighted by atomic mass is 35.5. The number of hydrogen-bond donors (Lipinski definition) is 1. The van der Waals surface area contributed by atoms with Crippen molar-refractivity contribution in [1.29, 1.82) is 0 Å². The number of rotatable bonds is 5. The Kier molecular flexibility index (Phi) is 5.70. The molecule has 0 bridgehead atoms. The lowest BCUT2D eigenvalue weighted by molar-refractivity contribution is -0.384. The van der Waals surface area contributed by atoms with Gasteiger partial charge < -0.3 is 10.1 Å². The Labute approximate surface area is 151 Å². The number of amides is 1. The summed E-state index contributed by atoms with van der Waals surface area (Å²) in [6, 6.07) is 3.64. The number of ether oxygens (including phenoxy) is 1. The van der Waals surface area contributed by atoms with Crippen molar-refractivity contribution in [3.63, 3.8) is 0 Å². The molecular weight excluding hydrogens is 370 g/mol. The van der Waals surface area contributed by atoms with Crippen LogP contribution in [0.15, 0.2) is 18.2 Å². The number of esters is 1. The first-order valence-corrected chi connectivity index (χ1v) is 8.28. The summed E-state index contributed by atoms with van der Waals surface area (Å²) >= 11 is 7.10. The van der Waals surface area contributed by atoms with Gasteiger partial charge in [0.05, 0.1) is 26.3 Å². The molecule has 1 amide bonds. The van der Waals surface area contributed by atoms with Gasteiger partial charge in [0.2, 0.25) is 0 Å². The van der Waals surface area contributed by atoms with Crippen LogP contribution in [0.4, 0.5) is 11.4 Å². The van der Waals surface area contributed by atoms with E-state index in [9.17, 15) is 19.7 Å². The largest absolute Gasteiger partial charge is 0.448 e. The number of carbonyl (C=O) groups excluding carboxylic acids is 2. The molecule has 1 heterocycles. The number of nitro benzene ring substituents is 1. The Morgan fingerprint density at radius 1 is 1.40 bits per heavy atom. The predicted octanol–water partition coefficient (Wildman–Crippen LogP) is 3.51. The highest BCUT2D eigenvalue weighted by Gasteiger charge is 2.23. The maximum Gasteiger partial charge on any atom is 0.351 e. The maximum atomic E-state index is 12.1. The average Bonchev–Trinajstić information content (AvgIpc) is 2.87. The fourth-order valence-corrected chi connectivity index (χ4v) is 2.97. The van der Waals surface area contributed by atoms with Gasteiger partial charge >= 0.3 is 5.97 Å². The van der Waals surface area contributed by atoms with Crippen molar-refractivity contribution >= 4 is 46.2 Å². The second-order valence-corrected chi connectivity index (χ2v) is 6.72. The quantitative estimate of drug-likeness (QED) is 0.480. The lowest BCUT2D eigenvalue weighted by Crippen LogP contribution is -2.30. The molecule has 0 saturated carbocycles. The molecule has 0 spiro atoms. The van der Waals surface area contributed by atoms with Crippen LogP contribution in [0.2, 0.25) is 5.02 Å². The molecule has 0 aliphatic carbocycles. The van der Waals surface area contributed by atoms with Gasteiger partial charge in [-0.1, -0.05) is 11.6 Å². The SMILES string of the molecule is Cc1nc(C)c(C(=O)O[C@H](C)C(=O)Nc2ccc([N+](=O)[O-])cc2Cl)s1. The zero-order valence-electron chi connectivity index (χ0n) is 13.5. The lowest BCUT2D eigenvalue weighted by Gasteiger charge is -2.13. The molecule has 1 aromatic carbocycles. The Hall–Kier alpha value is -2.52. The number of hydrogen-bond acceptors (Lipinski definition) is 7. The number of thiazole rings is 1. The van der Waals surface area contributed by atoms with Crippen molar-refractivity contribution in [3.8, 4) is 0 Å². The summed E-state index contributed by atoms with van der Waals surface area (Å²) in [6.07, 6.45) is -1.08. The zero-order chi connectivity index (χ0) is 18.7. The number of anilines is 1. The Balaban J connectivity index is 2.04. The molecule has 1 N–H and O–H groups in total. The van der Waals surface area contributed by atoms with Gasteiger partial charge in [0.15, 0.2) is 6.10 Å². The number of nitrogens with one attached hydrogen (secondary N) is 1. The van der Waals surface area contributed by atoms with Crippen molar-refractivity contribution in [2.24, 2.45) is 0 Å². The number of benzene rings is 1. The van der Waals surface area contributed by atoms with Crippen LogP contribution < -0.4 is 5.32 Å². The second kappa shape index (κ2) is 7.58. The van der Waals surface area contributed by atoms with E-state index in [1.54, 1.807) is 13.8 Å². The van der Waals surface area contributed by atoms with Crippen molar-refractivity contribution in [1.82, 2.24) is 4.98 Å². The first-order chi connectivity index (χ1) is 11.7. The standard InChI is InChI=1S/C15H14ClN3O5S/c1-7-13(25-9(3)17-7)15(21)24-8(2)14(20)18-12-5-4-10(19(22)23)6-11(12)16/h4-6,8H,1-3H3,(H,18,20)/t8-/m1/s1. The Morgan fingerprint density at radius 3 is 2.60 bits per heavy atom. The molecule has 0 radical (unpaired) electrons. The van der Waals surface area contributed by atoms with Crippen molar-refractivity contribution < 1.29 is 19.2 Å². The van der Waals surface area contributed by atoms with Crippen LogP contribution in [0.3, 0.4) is 0 Å². The first-order valence-electron chi connectivity index (χ1n) is 7.09. The summed E-state index contributed by atoms with van der Waals surface area (Å²) in [6.45, 7) is 4.86. The fourth-order valence-electron chi connectivity index (χ4n) is 1.94. The van der Waals surface area contributed by atoms with Gasteiger partial charge in [-0.25, -0.2) is 9.78 Å². The van der Waals surface area contributed by atoms with E-state index in [1.807, 2.05) is 0 Å². The fraction of sp³-hybridized carbons (Fsp3) is 0.267. The van der Waals surface area contributed by atoms with Crippen LogP contribution in [-0.4, -0.2) is 27.9 Å². The predicted molar refractivity (Wildman–Crippen MR) is 93.2 cm³/mol. The molecule has 1 atom stereocenters. The highest BCUT2D eigenvalue weighted by molar-refractivity contribution is 7.13. The van der Waals surface area contributed by atoms with Crippen molar-refractivity contribution in [2.45, 2.75) is 26.9 Å². The Bertz CT molecular complexity index is 852. The number of carbonyl (C=O) groups is 2. The summed E-state index contributed by atoms with van der Waals surface area (Å²) < 4.78 is 5.13. The van der Waals surface area contributed by atoms with Crippen LogP contribution >= 0.6 is 22.9 Å². The molecule has 2 aromatic rings. The molecule has 2 rings (SSSR count). The van der Waals surface area contributed by atoms with E-state index in [1.165, 1.54) is 30.4 Å². The smallest absolute Gasteiger partial charge is 0.351 e. The summed E-state index contributed by atoms with van der Waals surface area (Å²) in [5.41, 5.74) is 0.530. The summed E-state index contributed by atoms with van der Waals surface area (Å²) in [4.78, 5) is 38.8. The van der Waals surface area contributed by atoms with Gasteiger partial charge in [-0.3, -0.25) is 14.9 Å². The van der Waals surface area contributed by atoms with E-state index in [2.05, 4.69) is 10.3 Å². The molecule has 8 nitrogen and oxygen atoms in total. The van der Waals surface area contributed by atoms with Crippen LogP contribution in [0.1, 0.15) is 27.3 Å². The van der Waals surface area contributed by atoms with Gasteiger partial charge in [-0.2, -0.15) is 0 Å². The number of aryl methyl sites for hydroxylation is 2. The van der Waals surface area contributed by atoms with Gasteiger partial charge in [0.25, 0.3) is 11.6 Å². The number of nitro groups is 1. The third kappa shape index (κ3) is 4.52. The minimum Gasteiger partial charge on any atom is -0.448 e. The molecular formula is C15H14ClN3O5S. The second-order valence-electron chi connectivity index (χ2n) is 5.11. The van der Waals surface area contributed by atoms with Crippen LogP contribution in [0.25, 0.3) is 0 Å². The molecule has 25 heavy (non-hydrogen) atoms. The van der Waals surface area contributed by atoms with Crippen LogP contribution in [-0.2, 0) is 9.53 Å². The molecule has 0 aliphatic heterocycles. The van der Waals surface area contributed by atoms with Gasteiger partial charge in [0.1, 0.15) is 4.88 Å². The van der Waals surface area contributed by atoms with E-state index in [-0.39, 0.29) is 16.4 Å². The molecule has 0 fully saturated rings. The third-order valence-electron chi connectivity index (χ3n) is 3.16. The monoisotopic (exact) mass is 383 g/mol. The van der Waals surface area contributed by atoms with Crippen LogP contribution in [0.5, 0.6) is 0 Å². The van der Waals surface area contributed by atoms with Gasteiger partial charge in [-0.05, 0) is 26.8 Å². The molecule has 0 aliphatic rings. The zero-order valence-corrected chi connectivity index (χ0v) is 15.1. The number of halogens is 1. The minimum absolute atomic E-state index is 0.00926. The molecule has 10 heteroatoms. The normalized spacial score (nSPS) is 11.7. The first kappa shape index (κ1) is 18.8. The van der Waals surface area contributed by atoms with E-state index in [0.29, 0.717) is 10.6 Å². The highest BCUT2D eigenvalue weighted by Crippen LogP contribution is 2.27. The summed E-state index contributed by atoms with van der Waals surface area (Å²) in [7, 11) is 0. The Morgan fingerprint density at radius 2 is 2.08 bits per heavy atom. The van der Waals surface area contributed by atoms with Crippen molar-refractivity contribution in [3.05, 3.63) is 48.9 Å². The molecule has 0 unspecified atom stereocenters. The van der Waals surface area contributed by atoms with E-state index in [4.69, 9.17) is 16.3 Å². The summed E-state index contributed by atoms with van der Waals surface area (Å²) in [5, 5.41) is 13.9. The minimum atomic E-state index is -1.08. The number of nitrogens with zero attached hydrogens (tertiary/aromatic N) is 2. The topological polar surface area (TPSA) is 111 Å². The van der Waals surface area contributed by atoms with E-state index >= 15 is 0 Å². The average molecular weight is 384 g/mol. The third-order valence-corrected chi connectivity index (χ3v) is 4.53. The maximum absolute atomic E-state index is 12.1. The van der Waals surface area contributed by atoms with E-state index in [0.717, 1.165) is 11.1 Å². The van der Waals surface area contributed by atoms with Gasteiger partial charge in [0, 0.05) is 12.1 Å². The molecule has 132 valence electrons. The van der Waals surface area contributed by atoms with Crippen molar-refractivity contribution in [2.75, 3.05) is 5.32 Å². The number of aromatic nitrogens is 1. The molecule has 0 saturated heterocycles. The van der Waals surface area contributed by atoms with Gasteiger partial charge in [-0.15, -0.1) is 11.3 Å².